The second-order valence-corrected chi connectivity index (χ2v) is 4.59. The zero-order valence-corrected chi connectivity index (χ0v) is 12.2. The molecule has 20 heavy (non-hydrogen) atoms. The Bertz CT molecular complexity index is 645. The van der Waals surface area contributed by atoms with E-state index in [2.05, 4.69) is 15.6 Å². The van der Waals surface area contributed by atoms with E-state index in [0.29, 0.717) is 17.2 Å². The van der Waals surface area contributed by atoms with Crippen LogP contribution in [-0.2, 0) is 11.2 Å². The lowest BCUT2D eigenvalue weighted by Gasteiger charge is -2.07. The minimum absolute atomic E-state index is 0.158. The number of aromatic nitrogens is 3. The molecule has 2 N–H and O–H groups in total. The third-order valence-electron chi connectivity index (χ3n) is 2.68. The molecule has 0 bridgehead atoms. The number of aromatic amines is 1. The first-order valence-corrected chi connectivity index (χ1v) is 6.66. The van der Waals surface area contributed by atoms with Crippen LogP contribution in [0.15, 0.2) is 24.3 Å². The van der Waals surface area contributed by atoms with E-state index in [1.165, 1.54) is 4.68 Å². The van der Waals surface area contributed by atoms with Crippen molar-refractivity contribution in [1.82, 2.24) is 14.9 Å². The molecule has 0 aliphatic rings. The van der Waals surface area contributed by atoms with Gasteiger partial charge >= 0.3 is 0 Å². The van der Waals surface area contributed by atoms with Crippen LogP contribution in [0.5, 0.6) is 5.75 Å². The van der Waals surface area contributed by atoms with Crippen LogP contribution in [0.4, 0.5) is 0 Å². The molecule has 0 fully saturated rings. The largest absolute Gasteiger partial charge is 0.494 e. The van der Waals surface area contributed by atoms with E-state index < -0.39 is 0 Å². The highest BCUT2D eigenvalue weighted by atomic mass is 32.1. The van der Waals surface area contributed by atoms with Crippen molar-refractivity contribution in [3.05, 3.63) is 40.4 Å². The minimum atomic E-state index is -0.158. The Kier molecular flexibility index (Phi) is 4.52. The first kappa shape index (κ1) is 14.3. The molecular formula is C13H16N4O2S. The Hall–Kier alpha value is -2.15. The smallest absolute Gasteiger partial charge is 0.243 e. The minimum Gasteiger partial charge on any atom is -0.494 e. The van der Waals surface area contributed by atoms with E-state index in [1.54, 1.807) is 6.92 Å². The number of ether oxygens (including phenoxy) is 1. The SMILES string of the molecule is CCOc1ccc(CC(=O)Nn2c(C)n[nH]c2=S)cc1. The van der Waals surface area contributed by atoms with E-state index in [4.69, 9.17) is 17.0 Å². The first-order chi connectivity index (χ1) is 9.60. The zero-order chi connectivity index (χ0) is 14.5. The maximum absolute atomic E-state index is 11.9. The van der Waals surface area contributed by atoms with Crippen molar-refractivity contribution in [2.75, 3.05) is 12.0 Å². The van der Waals surface area contributed by atoms with Gasteiger partial charge in [0.25, 0.3) is 0 Å². The van der Waals surface area contributed by atoms with Crippen LogP contribution in [0.1, 0.15) is 18.3 Å². The van der Waals surface area contributed by atoms with Crippen LogP contribution in [0.2, 0.25) is 0 Å². The molecule has 1 heterocycles. The summed E-state index contributed by atoms with van der Waals surface area (Å²) < 4.78 is 7.17. The summed E-state index contributed by atoms with van der Waals surface area (Å²) in [6, 6.07) is 7.43. The molecule has 0 radical (unpaired) electrons. The third-order valence-corrected chi connectivity index (χ3v) is 2.95. The highest BCUT2D eigenvalue weighted by Crippen LogP contribution is 2.12. The number of hydrogen-bond donors (Lipinski definition) is 2. The molecular weight excluding hydrogens is 276 g/mol. The lowest BCUT2D eigenvalue weighted by molar-refractivity contribution is -0.116. The van der Waals surface area contributed by atoms with Gasteiger partial charge in [0.15, 0.2) is 0 Å². The van der Waals surface area contributed by atoms with Gasteiger partial charge in [0, 0.05) is 0 Å². The number of hydrogen-bond acceptors (Lipinski definition) is 4. The van der Waals surface area contributed by atoms with Crippen molar-refractivity contribution in [1.29, 1.82) is 0 Å². The van der Waals surface area contributed by atoms with Gasteiger partial charge in [-0.2, -0.15) is 5.10 Å². The standard InChI is InChI=1S/C13H16N4O2S/c1-3-19-11-6-4-10(5-7-11)8-12(18)16-17-9(2)14-15-13(17)20/h4-7H,3,8H2,1-2H3,(H,15,20)(H,16,18). The maximum atomic E-state index is 11.9. The number of nitrogens with zero attached hydrogens (tertiary/aromatic N) is 2. The van der Waals surface area contributed by atoms with Gasteiger partial charge in [0.05, 0.1) is 13.0 Å². The predicted octanol–water partition coefficient (Wildman–Crippen LogP) is 1.96. The normalized spacial score (nSPS) is 10.3. The Morgan fingerprint density at radius 3 is 2.70 bits per heavy atom. The fourth-order valence-electron chi connectivity index (χ4n) is 1.73. The molecule has 106 valence electrons. The first-order valence-electron chi connectivity index (χ1n) is 6.25. The third kappa shape index (κ3) is 3.45. The molecule has 0 unspecified atom stereocenters. The fourth-order valence-corrected chi connectivity index (χ4v) is 1.95. The number of amides is 1. The number of carbonyl (C=O) groups excluding carboxylic acids is 1. The van der Waals surface area contributed by atoms with Gasteiger partial charge in [-0.1, -0.05) is 12.1 Å². The van der Waals surface area contributed by atoms with Crippen molar-refractivity contribution in [3.63, 3.8) is 0 Å². The van der Waals surface area contributed by atoms with Crippen LogP contribution in [0, 0.1) is 11.7 Å². The Morgan fingerprint density at radius 1 is 1.45 bits per heavy atom. The number of rotatable bonds is 5. The Labute approximate surface area is 121 Å². The van der Waals surface area contributed by atoms with Crippen LogP contribution < -0.4 is 10.2 Å². The molecule has 1 aromatic carbocycles. The van der Waals surface area contributed by atoms with Crippen molar-refractivity contribution >= 4 is 18.1 Å². The molecule has 6 nitrogen and oxygen atoms in total. The number of nitrogens with one attached hydrogen (secondary N) is 2. The number of benzene rings is 1. The number of aryl methyl sites for hydroxylation is 1. The number of H-pyrrole nitrogens is 1. The van der Waals surface area contributed by atoms with E-state index in [9.17, 15) is 4.79 Å². The molecule has 1 amide bonds. The molecule has 0 spiro atoms. The number of carbonyl (C=O) groups is 1. The summed E-state index contributed by atoms with van der Waals surface area (Å²) in [5.41, 5.74) is 3.60. The van der Waals surface area contributed by atoms with Crippen molar-refractivity contribution in [2.24, 2.45) is 0 Å². The summed E-state index contributed by atoms with van der Waals surface area (Å²) in [6.07, 6.45) is 0.263. The molecule has 1 aromatic heterocycles. The molecule has 0 saturated carbocycles. The van der Waals surface area contributed by atoms with Gasteiger partial charge in [-0.3, -0.25) is 15.3 Å². The zero-order valence-electron chi connectivity index (χ0n) is 11.3. The van der Waals surface area contributed by atoms with Crippen LogP contribution in [0.25, 0.3) is 0 Å². The van der Waals surface area contributed by atoms with Gasteiger partial charge in [0.2, 0.25) is 10.7 Å². The fraction of sp³-hybridized carbons (Fsp3) is 0.308. The van der Waals surface area contributed by atoms with Gasteiger partial charge in [-0.05, 0) is 43.8 Å². The Morgan fingerprint density at radius 2 is 2.15 bits per heavy atom. The van der Waals surface area contributed by atoms with Crippen LogP contribution in [-0.4, -0.2) is 27.4 Å². The highest BCUT2D eigenvalue weighted by Gasteiger charge is 2.07. The molecule has 2 rings (SSSR count). The summed E-state index contributed by atoms with van der Waals surface area (Å²) >= 11 is 5.02. The average molecular weight is 292 g/mol. The van der Waals surface area contributed by atoms with Gasteiger partial charge in [-0.15, -0.1) is 0 Å². The monoisotopic (exact) mass is 292 g/mol. The summed E-state index contributed by atoms with van der Waals surface area (Å²) in [7, 11) is 0. The topological polar surface area (TPSA) is 71.9 Å². The lowest BCUT2D eigenvalue weighted by atomic mass is 10.1. The molecule has 2 aromatic rings. The second kappa shape index (κ2) is 6.33. The Balaban J connectivity index is 1.99. The van der Waals surface area contributed by atoms with Crippen molar-refractivity contribution in [2.45, 2.75) is 20.3 Å². The van der Waals surface area contributed by atoms with Crippen LogP contribution in [0.3, 0.4) is 0 Å². The molecule has 0 atom stereocenters. The van der Waals surface area contributed by atoms with Gasteiger partial charge in [-0.25, -0.2) is 4.68 Å². The second-order valence-electron chi connectivity index (χ2n) is 4.20. The molecule has 0 aliphatic heterocycles. The van der Waals surface area contributed by atoms with Crippen LogP contribution >= 0.6 is 12.2 Å². The molecule has 7 heteroatoms. The maximum Gasteiger partial charge on any atom is 0.243 e. The molecule has 0 aliphatic carbocycles. The molecule has 0 saturated heterocycles. The summed E-state index contributed by atoms with van der Waals surface area (Å²) in [5.74, 6) is 1.24. The highest BCUT2D eigenvalue weighted by molar-refractivity contribution is 7.71. The van der Waals surface area contributed by atoms with E-state index in [1.807, 2.05) is 31.2 Å². The predicted molar refractivity (Wildman–Crippen MR) is 77.8 cm³/mol. The van der Waals surface area contributed by atoms with E-state index in [0.717, 1.165) is 11.3 Å². The van der Waals surface area contributed by atoms with Crippen molar-refractivity contribution < 1.29 is 9.53 Å². The summed E-state index contributed by atoms with van der Waals surface area (Å²) in [6.45, 7) is 4.31. The average Bonchev–Trinajstić information content (AvgIpc) is 2.73. The summed E-state index contributed by atoms with van der Waals surface area (Å²) in [4.78, 5) is 11.9. The van der Waals surface area contributed by atoms with E-state index in [-0.39, 0.29) is 12.3 Å². The summed E-state index contributed by atoms with van der Waals surface area (Å²) in [5, 5.41) is 6.54. The van der Waals surface area contributed by atoms with E-state index >= 15 is 0 Å². The van der Waals surface area contributed by atoms with Gasteiger partial charge < -0.3 is 4.74 Å². The lowest BCUT2D eigenvalue weighted by Crippen LogP contribution is -2.25. The van der Waals surface area contributed by atoms with Crippen molar-refractivity contribution in [3.8, 4) is 5.75 Å². The van der Waals surface area contributed by atoms with Gasteiger partial charge in [0.1, 0.15) is 11.6 Å². The quantitative estimate of drug-likeness (QED) is 0.826.